The highest BCUT2D eigenvalue weighted by molar-refractivity contribution is 6.01. The largest absolute Gasteiger partial charge is 0.383 e. The summed E-state index contributed by atoms with van der Waals surface area (Å²) in [7, 11) is 0. The lowest BCUT2D eigenvalue weighted by molar-refractivity contribution is -0.162. The summed E-state index contributed by atoms with van der Waals surface area (Å²) >= 11 is 0. The van der Waals surface area contributed by atoms with Gasteiger partial charge < -0.3 is 5.11 Å². The molecule has 0 saturated carbocycles. The number of hydrazine groups is 1. The van der Waals surface area contributed by atoms with Gasteiger partial charge in [0.05, 0.1) is 0 Å². The molecule has 3 rings (SSSR count). The second kappa shape index (κ2) is 5.19. The molecule has 0 spiro atoms. The first-order valence-electron chi connectivity index (χ1n) is 5.91. The van der Waals surface area contributed by atoms with E-state index < -0.39 is 23.8 Å². The molecular weight excluding hydrogens is 248 g/mol. The molecule has 0 radical (unpaired) electrons. The maximum Gasteiger partial charge on any atom is 0.277 e. The highest BCUT2D eigenvalue weighted by Gasteiger charge is 2.33. The van der Waals surface area contributed by atoms with Gasteiger partial charge in [0.25, 0.3) is 5.91 Å². The summed E-state index contributed by atoms with van der Waals surface area (Å²) in [5.74, 6) is -1.78. The van der Waals surface area contributed by atoms with Crippen LogP contribution in [0, 0.1) is 0 Å². The molecule has 0 aromatic carbocycles. The Morgan fingerprint density at radius 2 is 2.00 bits per heavy atom. The Hall–Kier alpha value is -2.21. The number of amides is 3. The van der Waals surface area contributed by atoms with Crippen molar-refractivity contribution in [3.05, 3.63) is 24.3 Å². The number of hydrogen-bond acceptors (Lipinski definition) is 4. The van der Waals surface area contributed by atoms with E-state index in [4.69, 9.17) is 5.11 Å². The third-order valence-corrected chi connectivity index (χ3v) is 2.77. The number of benzene rings is 1. The molecule has 0 bridgehead atoms. The SMILES string of the molecule is CC(=O)NN1C(=O)CCC(O)C1=O.c1cc2cc-2c1. The zero-order valence-electron chi connectivity index (χ0n) is 10.4. The molecule has 0 aromatic rings. The Morgan fingerprint density at radius 3 is 2.42 bits per heavy atom. The maximum absolute atomic E-state index is 11.1. The van der Waals surface area contributed by atoms with Crippen molar-refractivity contribution in [2.75, 3.05) is 0 Å². The Labute approximate surface area is 110 Å². The molecule has 1 atom stereocenters. The van der Waals surface area contributed by atoms with Gasteiger partial charge in [-0.2, -0.15) is 5.01 Å². The lowest BCUT2D eigenvalue weighted by Crippen LogP contribution is -2.55. The molecule has 1 unspecified atom stereocenters. The van der Waals surface area contributed by atoms with Crippen LogP contribution in [0.5, 0.6) is 0 Å². The topological polar surface area (TPSA) is 86.7 Å². The molecule has 3 amide bonds. The van der Waals surface area contributed by atoms with E-state index in [0.717, 1.165) is 0 Å². The molecule has 2 N–H and O–H groups in total. The number of imide groups is 1. The second-order valence-electron chi connectivity index (χ2n) is 4.37. The zero-order chi connectivity index (χ0) is 14.0. The van der Waals surface area contributed by atoms with Gasteiger partial charge >= 0.3 is 0 Å². The third-order valence-electron chi connectivity index (χ3n) is 2.77. The average Bonchev–Trinajstić information content (AvgIpc) is 2.97. The lowest BCUT2D eigenvalue weighted by Gasteiger charge is -2.27. The van der Waals surface area contributed by atoms with Crippen molar-refractivity contribution in [1.29, 1.82) is 0 Å². The first kappa shape index (κ1) is 13.2. The minimum atomic E-state index is -1.19. The Balaban J connectivity index is 0.000000180. The normalized spacial score (nSPS) is 19.5. The van der Waals surface area contributed by atoms with E-state index in [1.165, 1.54) is 18.1 Å². The van der Waals surface area contributed by atoms with Crippen LogP contribution in [0.15, 0.2) is 24.3 Å². The number of rotatable bonds is 1. The van der Waals surface area contributed by atoms with Crippen LogP contribution >= 0.6 is 0 Å². The van der Waals surface area contributed by atoms with Crippen LogP contribution in [0.2, 0.25) is 0 Å². The fourth-order valence-electron chi connectivity index (χ4n) is 1.72. The highest BCUT2D eigenvalue weighted by Crippen LogP contribution is 2.32. The third kappa shape index (κ3) is 3.17. The summed E-state index contributed by atoms with van der Waals surface area (Å²) in [6, 6.07) is 8.48. The number of aliphatic hydroxyl groups excluding tert-OH is 1. The summed E-state index contributed by atoms with van der Waals surface area (Å²) in [4.78, 5) is 32.7. The number of hydrogen-bond donors (Lipinski definition) is 2. The molecule has 1 heterocycles. The van der Waals surface area contributed by atoms with Gasteiger partial charge in [-0.1, -0.05) is 18.2 Å². The first-order chi connectivity index (χ1) is 8.99. The van der Waals surface area contributed by atoms with E-state index in [9.17, 15) is 14.4 Å². The van der Waals surface area contributed by atoms with Crippen LogP contribution in [0.1, 0.15) is 19.8 Å². The second-order valence-corrected chi connectivity index (χ2v) is 4.37. The molecule has 6 nitrogen and oxygen atoms in total. The predicted molar refractivity (Wildman–Crippen MR) is 66.3 cm³/mol. The van der Waals surface area contributed by atoms with Crippen LogP contribution in [-0.4, -0.2) is 33.9 Å². The molecule has 0 aromatic heterocycles. The highest BCUT2D eigenvalue weighted by atomic mass is 16.3. The summed E-state index contributed by atoms with van der Waals surface area (Å²) in [6.07, 6.45) is -1.01. The molecule has 1 fully saturated rings. The van der Waals surface area contributed by atoms with Crippen LogP contribution < -0.4 is 5.43 Å². The van der Waals surface area contributed by atoms with Crippen LogP contribution in [0.4, 0.5) is 0 Å². The van der Waals surface area contributed by atoms with Crippen molar-refractivity contribution in [2.45, 2.75) is 25.9 Å². The van der Waals surface area contributed by atoms with Gasteiger partial charge in [0, 0.05) is 13.3 Å². The predicted octanol–water partition coefficient (Wildman–Crippen LogP) is 0.214. The summed E-state index contributed by atoms with van der Waals surface area (Å²) < 4.78 is 0. The first-order valence-corrected chi connectivity index (χ1v) is 5.91. The molecule has 1 aliphatic heterocycles. The quantitative estimate of drug-likeness (QED) is 0.719. The molecule has 2 aliphatic carbocycles. The van der Waals surface area contributed by atoms with Gasteiger partial charge in [0.1, 0.15) is 6.10 Å². The number of carbonyl (C=O) groups excluding carboxylic acids is 3. The van der Waals surface area contributed by atoms with E-state index in [2.05, 4.69) is 24.3 Å². The maximum atomic E-state index is 11.1. The lowest BCUT2D eigenvalue weighted by atomic mass is 10.1. The van der Waals surface area contributed by atoms with Crippen molar-refractivity contribution in [1.82, 2.24) is 10.4 Å². The van der Waals surface area contributed by atoms with Crippen LogP contribution in [0.25, 0.3) is 11.1 Å². The minimum absolute atomic E-state index is 0.0627. The van der Waals surface area contributed by atoms with Crippen molar-refractivity contribution < 1.29 is 19.5 Å². The van der Waals surface area contributed by atoms with Gasteiger partial charge in [0.15, 0.2) is 0 Å². The molecule has 19 heavy (non-hydrogen) atoms. The Bertz CT molecular complexity index is 524. The number of carbonyl (C=O) groups is 3. The number of aliphatic hydroxyl groups is 1. The Kier molecular flexibility index (Phi) is 3.62. The molecule has 1 saturated heterocycles. The Morgan fingerprint density at radius 1 is 1.37 bits per heavy atom. The smallest absolute Gasteiger partial charge is 0.277 e. The number of nitrogens with one attached hydrogen (secondary N) is 1. The molecular formula is C13H14N2O4. The average molecular weight is 262 g/mol. The fraction of sp³-hybridized carbons (Fsp3) is 0.308. The van der Waals surface area contributed by atoms with Gasteiger partial charge in [-0.25, -0.2) is 0 Å². The monoisotopic (exact) mass is 262 g/mol. The van der Waals surface area contributed by atoms with E-state index in [-0.39, 0.29) is 12.8 Å². The van der Waals surface area contributed by atoms with Gasteiger partial charge in [-0.3, -0.25) is 19.8 Å². The number of nitrogens with zero attached hydrogens (tertiary/aromatic N) is 1. The van der Waals surface area contributed by atoms with Gasteiger partial charge in [-0.05, 0) is 23.6 Å². The van der Waals surface area contributed by atoms with Crippen molar-refractivity contribution in [2.24, 2.45) is 0 Å². The summed E-state index contributed by atoms with van der Waals surface area (Å²) in [6.45, 7) is 1.18. The van der Waals surface area contributed by atoms with E-state index in [1.54, 1.807) is 0 Å². The standard InChI is InChI=1S/C7H10N2O4.C6H4/c1-4(10)8-9-6(12)3-2-5(11)7(9)13;1-2-5-4-6(5)3-1/h5,11H,2-3H2,1H3,(H,8,10);1-4H. The molecule has 3 aliphatic rings. The number of fused-ring (bicyclic) bond motifs is 1. The van der Waals surface area contributed by atoms with Gasteiger partial charge in [-0.15, -0.1) is 0 Å². The van der Waals surface area contributed by atoms with Crippen molar-refractivity contribution >= 4 is 17.7 Å². The molecule has 6 heteroatoms. The van der Waals surface area contributed by atoms with Gasteiger partial charge in [0.2, 0.25) is 11.8 Å². The number of piperidine rings is 1. The van der Waals surface area contributed by atoms with E-state index in [1.807, 2.05) is 5.43 Å². The zero-order valence-corrected chi connectivity index (χ0v) is 10.4. The van der Waals surface area contributed by atoms with Crippen molar-refractivity contribution in [3.8, 4) is 11.1 Å². The van der Waals surface area contributed by atoms with Crippen LogP contribution in [0.3, 0.4) is 0 Å². The van der Waals surface area contributed by atoms with E-state index in [0.29, 0.717) is 5.01 Å². The van der Waals surface area contributed by atoms with Crippen molar-refractivity contribution in [3.63, 3.8) is 0 Å². The summed E-state index contributed by atoms with van der Waals surface area (Å²) in [5, 5.41) is 9.65. The minimum Gasteiger partial charge on any atom is -0.383 e. The summed E-state index contributed by atoms with van der Waals surface area (Å²) in [5.41, 5.74) is 4.90. The van der Waals surface area contributed by atoms with Crippen LogP contribution in [-0.2, 0) is 14.4 Å². The van der Waals surface area contributed by atoms with E-state index >= 15 is 0 Å². The molecule has 100 valence electrons. The fourth-order valence-corrected chi connectivity index (χ4v) is 1.72.